The minimum absolute atomic E-state index is 0.333. The second-order valence-corrected chi connectivity index (χ2v) is 1.61. The van der Waals surface area contributed by atoms with Gasteiger partial charge in [0.05, 0.1) is 13.8 Å². The maximum absolute atomic E-state index is 10.6. The molecule has 1 rings (SSSR count). The normalized spacial score (nSPS) is 15.4. The van der Waals surface area contributed by atoms with Crippen LogP contribution < -0.4 is 10.6 Å². The number of rotatable bonds is 1. The van der Waals surface area contributed by atoms with Gasteiger partial charge < -0.3 is 15.4 Å². The average molecular weight is 128 g/mol. The van der Waals surface area contributed by atoms with Gasteiger partial charge in [0.25, 0.3) is 0 Å². The summed E-state index contributed by atoms with van der Waals surface area (Å²) in [5.41, 5.74) is 0.484. The molecule has 0 aromatic rings. The first-order chi connectivity index (χ1) is 4.34. The molecule has 0 saturated carbocycles. The summed E-state index contributed by atoms with van der Waals surface area (Å²) < 4.78 is 4.42. The van der Waals surface area contributed by atoms with E-state index >= 15 is 0 Å². The second-order valence-electron chi connectivity index (χ2n) is 1.61. The number of carbonyl (C=O) groups excluding carboxylic acids is 1. The highest BCUT2D eigenvalue weighted by molar-refractivity contribution is 5.87. The molecule has 0 atom stereocenters. The van der Waals surface area contributed by atoms with Crippen molar-refractivity contribution in [3.05, 3.63) is 11.9 Å². The van der Waals surface area contributed by atoms with Crippen LogP contribution in [0, 0.1) is 0 Å². The lowest BCUT2D eigenvalue weighted by molar-refractivity contribution is -0.136. The van der Waals surface area contributed by atoms with Crippen molar-refractivity contribution in [2.45, 2.75) is 0 Å². The van der Waals surface area contributed by atoms with Gasteiger partial charge >= 0.3 is 5.97 Å². The lowest BCUT2D eigenvalue weighted by Crippen LogP contribution is -2.19. The van der Waals surface area contributed by atoms with Gasteiger partial charge in [0.2, 0.25) is 0 Å². The van der Waals surface area contributed by atoms with Crippen LogP contribution >= 0.6 is 0 Å². The Kier molecular flexibility index (Phi) is 1.58. The van der Waals surface area contributed by atoms with Crippen LogP contribution in [-0.2, 0) is 9.53 Å². The Balaban J connectivity index is 2.51. The lowest BCUT2D eigenvalue weighted by Gasteiger charge is -1.97. The third-order valence-corrected chi connectivity index (χ3v) is 1.03. The van der Waals surface area contributed by atoms with E-state index in [1.54, 1.807) is 6.20 Å². The number of methoxy groups -OCH3 is 1. The molecular formula is C5H8N2O2. The van der Waals surface area contributed by atoms with Gasteiger partial charge in [-0.2, -0.15) is 0 Å². The van der Waals surface area contributed by atoms with Crippen LogP contribution in [0.2, 0.25) is 0 Å². The topological polar surface area (TPSA) is 50.4 Å². The molecule has 0 amide bonds. The van der Waals surface area contributed by atoms with E-state index in [0.717, 1.165) is 0 Å². The van der Waals surface area contributed by atoms with E-state index in [9.17, 15) is 4.79 Å². The van der Waals surface area contributed by atoms with Gasteiger partial charge in [-0.25, -0.2) is 4.79 Å². The van der Waals surface area contributed by atoms with Gasteiger partial charge in [-0.3, -0.25) is 0 Å². The maximum Gasteiger partial charge on any atom is 0.355 e. The quantitative estimate of drug-likeness (QED) is 0.452. The molecular weight excluding hydrogens is 120 g/mol. The van der Waals surface area contributed by atoms with E-state index in [2.05, 4.69) is 15.4 Å². The molecule has 2 N–H and O–H groups in total. The van der Waals surface area contributed by atoms with Crippen LogP contribution in [-0.4, -0.2) is 19.7 Å². The zero-order chi connectivity index (χ0) is 6.69. The first-order valence-electron chi connectivity index (χ1n) is 2.60. The summed E-state index contributed by atoms with van der Waals surface area (Å²) in [6.07, 6.45) is 1.59. The summed E-state index contributed by atoms with van der Waals surface area (Å²) in [5, 5.41) is 5.60. The molecule has 0 aliphatic carbocycles. The molecule has 0 radical (unpaired) electrons. The fourth-order valence-electron chi connectivity index (χ4n) is 0.591. The monoisotopic (exact) mass is 128 g/mol. The van der Waals surface area contributed by atoms with Gasteiger partial charge in [-0.1, -0.05) is 0 Å². The molecule has 0 spiro atoms. The van der Waals surface area contributed by atoms with E-state index in [0.29, 0.717) is 12.4 Å². The first kappa shape index (κ1) is 5.94. The van der Waals surface area contributed by atoms with Gasteiger partial charge in [-0.05, 0) is 0 Å². The number of nitrogens with one attached hydrogen (secondary N) is 2. The molecule has 1 heterocycles. The summed E-state index contributed by atoms with van der Waals surface area (Å²) in [4.78, 5) is 10.6. The van der Waals surface area contributed by atoms with Gasteiger partial charge in [0.15, 0.2) is 0 Å². The van der Waals surface area contributed by atoms with Crippen LogP contribution in [0.3, 0.4) is 0 Å². The second kappa shape index (κ2) is 2.39. The summed E-state index contributed by atoms with van der Waals surface area (Å²) in [6.45, 7) is 0.602. The van der Waals surface area contributed by atoms with Gasteiger partial charge in [0.1, 0.15) is 5.70 Å². The molecule has 1 aliphatic rings. The minimum atomic E-state index is -0.333. The zero-order valence-corrected chi connectivity index (χ0v) is 5.10. The summed E-state index contributed by atoms with van der Waals surface area (Å²) in [6, 6.07) is 0. The predicted octanol–water partition coefficient (Wildman–Crippen LogP) is -0.849. The fourth-order valence-corrected chi connectivity index (χ4v) is 0.591. The zero-order valence-electron chi connectivity index (χ0n) is 5.10. The molecule has 4 nitrogen and oxygen atoms in total. The van der Waals surface area contributed by atoms with Crippen LogP contribution in [0.4, 0.5) is 0 Å². The van der Waals surface area contributed by atoms with Crippen molar-refractivity contribution in [1.29, 1.82) is 0 Å². The van der Waals surface area contributed by atoms with Crippen LogP contribution in [0.1, 0.15) is 0 Å². The van der Waals surface area contributed by atoms with Crippen molar-refractivity contribution in [2.75, 3.05) is 13.8 Å². The van der Waals surface area contributed by atoms with E-state index in [4.69, 9.17) is 0 Å². The predicted molar refractivity (Wildman–Crippen MR) is 31.2 cm³/mol. The van der Waals surface area contributed by atoms with E-state index < -0.39 is 0 Å². The van der Waals surface area contributed by atoms with Crippen LogP contribution in [0.15, 0.2) is 11.9 Å². The largest absolute Gasteiger partial charge is 0.464 e. The Morgan fingerprint density at radius 3 is 3.11 bits per heavy atom. The molecule has 0 saturated heterocycles. The molecule has 1 aliphatic heterocycles. The maximum atomic E-state index is 10.6. The molecule has 50 valence electrons. The van der Waals surface area contributed by atoms with Crippen molar-refractivity contribution >= 4 is 5.97 Å². The summed E-state index contributed by atoms with van der Waals surface area (Å²) in [7, 11) is 1.35. The summed E-state index contributed by atoms with van der Waals surface area (Å²) in [5.74, 6) is -0.333. The standard InChI is InChI=1S/C5H8N2O2/c1-9-5(8)4-2-6-3-7-4/h2,6-7H,3H2,1H3. The molecule has 0 unspecified atom stereocenters. The molecule has 9 heavy (non-hydrogen) atoms. The lowest BCUT2D eigenvalue weighted by atomic mass is 10.5. The van der Waals surface area contributed by atoms with E-state index in [-0.39, 0.29) is 5.97 Å². The molecule has 0 bridgehead atoms. The van der Waals surface area contributed by atoms with E-state index in [1.165, 1.54) is 7.11 Å². The third kappa shape index (κ3) is 1.13. The number of hydrogen-bond donors (Lipinski definition) is 2. The van der Waals surface area contributed by atoms with Crippen molar-refractivity contribution in [2.24, 2.45) is 0 Å². The third-order valence-electron chi connectivity index (χ3n) is 1.03. The molecule has 0 aromatic carbocycles. The Labute approximate surface area is 52.9 Å². The van der Waals surface area contributed by atoms with E-state index in [1.807, 2.05) is 0 Å². The molecule has 4 heteroatoms. The average Bonchev–Trinajstić information content (AvgIpc) is 2.37. The van der Waals surface area contributed by atoms with Crippen molar-refractivity contribution in [1.82, 2.24) is 10.6 Å². The van der Waals surface area contributed by atoms with Crippen LogP contribution in [0.5, 0.6) is 0 Å². The van der Waals surface area contributed by atoms with Crippen molar-refractivity contribution in [3.63, 3.8) is 0 Å². The Morgan fingerprint density at radius 2 is 2.67 bits per heavy atom. The highest BCUT2D eigenvalue weighted by atomic mass is 16.5. The fraction of sp³-hybridized carbons (Fsp3) is 0.400. The van der Waals surface area contributed by atoms with Crippen LogP contribution in [0.25, 0.3) is 0 Å². The molecule has 0 fully saturated rings. The number of carbonyl (C=O) groups is 1. The number of ether oxygens (including phenoxy) is 1. The van der Waals surface area contributed by atoms with Gasteiger partial charge in [0, 0.05) is 6.20 Å². The Morgan fingerprint density at radius 1 is 1.89 bits per heavy atom. The highest BCUT2D eigenvalue weighted by Gasteiger charge is 2.10. The minimum Gasteiger partial charge on any atom is -0.464 e. The molecule has 0 aromatic heterocycles. The SMILES string of the molecule is COC(=O)C1=CNCN1. The number of hydrogen-bond acceptors (Lipinski definition) is 4. The van der Waals surface area contributed by atoms with Crippen molar-refractivity contribution < 1.29 is 9.53 Å². The van der Waals surface area contributed by atoms with Gasteiger partial charge in [-0.15, -0.1) is 0 Å². The smallest absolute Gasteiger partial charge is 0.355 e. The number of esters is 1. The summed E-state index contributed by atoms with van der Waals surface area (Å²) >= 11 is 0. The van der Waals surface area contributed by atoms with Crippen molar-refractivity contribution in [3.8, 4) is 0 Å². The Hall–Kier alpha value is -1.19. The Bertz CT molecular complexity index is 153. The first-order valence-corrected chi connectivity index (χ1v) is 2.60. The highest BCUT2D eigenvalue weighted by Crippen LogP contribution is 1.93.